The van der Waals surface area contributed by atoms with Crippen molar-refractivity contribution in [2.24, 2.45) is 5.41 Å². The van der Waals surface area contributed by atoms with E-state index in [0.717, 1.165) is 40.7 Å². The second-order valence-corrected chi connectivity index (χ2v) is 15.1. The normalized spacial score (nSPS) is 18.7. The predicted octanol–water partition coefficient (Wildman–Crippen LogP) is 6.82. The average Bonchev–Trinajstić information content (AvgIpc) is 3.96. The number of hydrogen-bond donors (Lipinski definition) is 2. The number of carbonyl (C=O) groups is 3. The first-order chi connectivity index (χ1) is 24.4. The lowest BCUT2D eigenvalue weighted by Gasteiger charge is -2.45. The number of carbonyl (C=O) groups excluding carboxylic acids is 2. The van der Waals surface area contributed by atoms with Crippen molar-refractivity contribution in [1.82, 2.24) is 15.1 Å². The van der Waals surface area contributed by atoms with Crippen LogP contribution in [-0.2, 0) is 20.9 Å². The van der Waals surface area contributed by atoms with Gasteiger partial charge in [0.25, 0.3) is 5.91 Å². The second kappa shape index (κ2) is 15.5. The van der Waals surface area contributed by atoms with Crippen molar-refractivity contribution in [3.05, 3.63) is 99.6 Å². The van der Waals surface area contributed by atoms with Crippen molar-refractivity contribution in [2.45, 2.75) is 84.5 Å². The minimum Gasteiger partial charge on any atom is -0.490 e. The van der Waals surface area contributed by atoms with E-state index in [0.29, 0.717) is 61.4 Å². The van der Waals surface area contributed by atoms with Gasteiger partial charge in [0.2, 0.25) is 5.91 Å². The van der Waals surface area contributed by atoms with E-state index in [1.54, 1.807) is 13.8 Å². The Bertz CT molecular complexity index is 1790. The van der Waals surface area contributed by atoms with Gasteiger partial charge in [-0.2, -0.15) is 0 Å². The summed E-state index contributed by atoms with van der Waals surface area (Å²) < 4.78 is 11.9. The fraction of sp³-hybridized carbons (Fsp3) is 0.439. The number of ether oxygens (including phenoxy) is 2. The van der Waals surface area contributed by atoms with E-state index in [2.05, 4.69) is 5.32 Å². The molecule has 270 valence electrons. The maximum atomic E-state index is 14.7. The lowest BCUT2D eigenvalue weighted by Crippen LogP contribution is -2.62. The molecule has 3 aromatic rings. The highest BCUT2D eigenvalue weighted by molar-refractivity contribution is 6.32. The summed E-state index contributed by atoms with van der Waals surface area (Å²) in [4.78, 5) is 43.7. The van der Waals surface area contributed by atoms with E-state index in [1.165, 1.54) is 0 Å². The highest BCUT2D eigenvalue weighted by atomic mass is 35.5. The average molecular weight is 714 g/mol. The number of carboxylic acid groups (broad SMARTS) is 1. The third-order valence-electron chi connectivity index (χ3n) is 10.3. The zero-order valence-electron chi connectivity index (χ0n) is 29.9. The summed E-state index contributed by atoms with van der Waals surface area (Å²) in [5.74, 6) is 0.330. The summed E-state index contributed by atoms with van der Waals surface area (Å²) in [6.45, 7) is 9.37. The molecule has 9 nitrogen and oxygen atoms in total. The summed E-state index contributed by atoms with van der Waals surface area (Å²) in [7, 11) is 0. The summed E-state index contributed by atoms with van der Waals surface area (Å²) in [5.41, 5.74) is 4.95. The topological polar surface area (TPSA) is 108 Å². The van der Waals surface area contributed by atoms with E-state index in [9.17, 15) is 19.5 Å². The molecule has 0 spiro atoms. The standard InChI is InChI=1S/C41H48ClN3O6/c1-26-20-34(42)36(21-27(26)2)51-19-18-50-32-14-10-29(11-15-32)33-22-30-24-44(37(46)16-17-41(3,4)40(48)49)25-35(43-30)38(33)39(47)45(31-12-13-31)23-28-8-6-5-7-9-28/h5-11,14-15,20-21,30-31,35,43H,12-13,16-19,22-25H2,1-4H3,(H,48,49)/t30-,35-/m1/s1. The van der Waals surface area contributed by atoms with Crippen LogP contribution in [0.2, 0.25) is 5.02 Å². The van der Waals surface area contributed by atoms with Gasteiger partial charge in [-0.15, -0.1) is 0 Å². The minimum absolute atomic E-state index is 0.00362. The summed E-state index contributed by atoms with van der Waals surface area (Å²) in [6, 6.07) is 21.6. The minimum atomic E-state index is -0.993. The number of aryl methyl sites for hydroxylation is 2. The van der Waals surface area contributed by atoms with Crippen LogP contribution in [0.15, 0.2) is 72.3 Å². The molecule has 1 aliphatic carbocycles. The van der Waals surface area contributed by atoms with Crippen molar-refractivity contribution < 1.29 is 29.0 Å². The van der Waals surface area contributed by atoms with E-state index < -0.39 is 11.4 Å². The van der Waals surface area contributed by atoms with Gasteiger partial charge >= 0.3 is 5.97 Å². The number of fused-ring (bicyclic) bond motifs is 2. The van der Waals surface area contributed by atoms with Gasteiger partial charge in [-0.3, -0.25) is 14.4 Å². The highest BCUT2D eigenvalue weighted by Crippen LogP contribution is 2.38. The molecule has 6 rings (SSSR count). The van der Waals surface area contributed by atoms with Crippen LogP contribution in [0.3, 0.4) is 0 Å². The van der Waals surface area contributed by atoms with Gasteiger partial charge in [-0.1, -0.05) is 54.1 Å². The Kier molecular flexibility index (Phi) is 11.1. The van der Waals surface area contributed by atoms with Crippen molar-refractivity contribution >= 4 is 35.0 Å². The van der Waals surface area contributed by atoms with Crippen LogP contribution in [0.5, 0.6) is 11.5 Å². The zero-order chi connectivity index (χ0) is 36.3. The Labute approximate surface area is 305 Å². The molecule has 2 atom stereocenters. The Hall–Kier alpha value is -4.34. The number of rotatable bonds is 14. The van der Waals surface area contributed by atoms with Crippen LogP contribution in [-0.4, -0.2) is 77.1 Å². The third kappa shape index (κ3) is 8.76. The Morgan fingerprint density at radius 3 is 2.33 bits per heavy atom. The van der Waals surface area contributed by atoms with Crippen LogP contribution in [0.25, 0.3) is 5.57 Å². The SMILES string of the molecule is Cc1cc(Cl)c(OCCOc2ccc(C3=C(C(=O)N(Cc4ccccc4)C4CC4)[C@H]4CN(C(=O)CCC(C)(C)C(=O)O)C[C@@H](C3)N4)cc2)cc1C. The van der Waals surface area contributed by atoms with Gasteiger partial charge in [0.05, 0.1) is 16.5 Å². The maximum absolute atomic E-state index is 14.7. The molecule has 3 aliphatic rings. The van der Waals surface area contributed by atoms with Crippen LogP contribution in [0.4, 0.5) is 0 Å². The van der Waals surface area contributed by atoms with Crippen LogP contribution in [0, 0.1) is 19.3 Å². The van der Waals surface area contributed by atoms with Gasteiger partial charge in [0.15, 0.2) is 0 Å². The van der Waals surface area contributed by atoms with Gasteiger partial charge in [0, 0.05) is 43.7 Å². The summed E-state index contributed by atoms with van der Waals surface area (Å²) >= 11 is 6.36. The van der Waals surface area contributed by atoms with Crippen molar-refractivity contribution in [1.29, 1.82) is 0 Å². The first-order valence-corrected chi connectivity index (χ1v) is 18.3. The number of benzene rings is 3. The number of amides is 2. The summed E-state index contributed by atoms with van der Waals surface area (Å²) in [6.07, 6.45) is 2.91. The molecule has 2 aliphatic heterocycles. The molecule has 0 aromatic heterocycles. The number of carboxylic acids is 1. The number of hydrogen-bond acceptors (Lipinski definition) is 6. The molecule has 2 amide bonds. The number of piperazine rings is 1. The molecular formula is C41H48ClN3O6. The molecule has 51 heavy (non-hydrogen) atoms. The number of halogens is 1. The van der Waals surface area contributed by atoms with E-state index in [4.69, 9.17) is 21.1 Å². The molecule has 10 heteroatoms. The smallest absolute Gasteiger partial charge is 0.309 e. The van der Waals surface area contributed by atoms with Crippen molar-refractivity contribution in [2.75, 3.05) is 26.3 Å². The highest BCUT2D eigenvalue weighted by Gasteiger charge is 2.43. The van der Waals surface area contributed by atoms with E-state index >= 15 is 0 Å². The van der Waals surface area contributed by atoms with Crippen LogP contribution < -0.4 is 14.8 Å². The molecule has 2 bridgehead atoms. The molecule has 2 fully saturated rings. The number of nitrogens with one attached hydrogen (secondary N) is 1. The largest absolute Gasteiger partial charge is 0.490 e. The van der Waals surface area contributed by atoms with Crippen molar-refractivity contribution in [3.63, 3.8) is 0 Å². The van der Waals surface area contributed by atoms with Crippen LogP contribution in [0.1, 0.15) is 68.2 Å². The molecule has 2 heterocycles. The monoisotopic (exact) mass is 713 g/mol. The zero-order valence-corrected chi connectivity index (χ0v) is 30.7. The molecular weight excluding hydrogens is 666 g/mol. The Morgan fingerprint density at radius 1 is 0.961 bits per heavy atom. The lowest BCUT2D eigenvalue weighted by molar-refractivity contribution is -0.148. The lowest BCUT2D eigenvalue weighted by atomic mass is 9.82. The Morgan fingerprint density at radius 2 is 1.65 bits per heavy atom. The first kappa shape index (κ1) is 36.5. The first-order valence-electron chi connectivity index (χ1n) is 17.9. The maximum Gasteiger partial charge on any atom is 0.309 e. The third-order valence-corrected chi connectivity index (χ3v) is 10.6. The van der Waals surface area contributed by atoms with Crippen molar-refractivity contribution in [3.8, 4) is 11.5 Å². The quantitative estimate of drug-likeness (QED) is 0.177. The van der Waals surface area contributed by atoms with Gasteiger partial charge in [-0.25, -0.2) is 0 Å². The molecule has 0 unspecified atom stereocenters. The fourth-order valence-corrected chi connectivity index (χ4v) is 7.14. The number of nitrogens with zero attached hydrogens (tertiary/aromatic N) is 2. The Balaban J connectivity index is 1.21. The molecule has 2 N–H and O–H groups in total. The van der Waals surface area contributed by atoms with E-state index in [-0.39, 0.29) is 42.8 Å². The van der Waals surface area contributed by atoms with Gasteiger partial charge < -0.3 is 29.7 Å². The van der Waals surface area contributed by atoms with Gasteiger partial charge in [0.1, 0.15) is 24.7 Å². The van der Waals surface area contributed by atoms with E-state index in [1.807, 2.05) is 90.4 Å². The van der Waals surface area contributed by atoms with Crippen LogP contribution >= 0.6 is 11.6 Å². The second-order valence-electron chi connectivity index (χ2n) is 14.7. The summed E-state index contributed by atoms with van der Waals surface area (Å²) in [5, 5.41) is 13.8. The number of aliphatic carboxylic acids is 1. The molecule has 1 saturated carbocycles. The fourth-order valence-electron chi connectivity index (χ4n) is 6.87. The molecule has 3 aromatic carbocycles. The predicted molar refractivity (Wildman–Crippen MR) is 198 cm³/mol. The molecule has 1 saturated heterocycles. The van der Waals surface area contributed by atoms with Gasteiger partial charge in [-0.05, 0) is 105 Å². The molecule has 0 radical (unpaired) electrons.